The minimum atomic E-state index is -0.495. The molecule has 0 radical (unpaired) electrons. The number of rotatable bonds is 5. The molecule has 1 saturated heterocycles. The van der Waals surface area contributed by atoms with Gasteiger partial charge in [-0.05, 0) is 18.9 Å². The Hall–Kier alpha value is -1.35. The topological polar surface area (TPSA) is 38.8 Å². The van der Waals surface area contributed by atoms with Crippen LogP contribution in [0.2, 0.25) is 0 Å². The van der Waals surface area contributed by atoms with Gasteiger partial charge in [0.1, 0.15) is 5.60 Å². The summed E-state index contributed by atoms with van der Waals surface area (Å²) in [5.41, 5.74) is 0.530. The summed E-state index contributed by atoms with van der Waals surface area (Å²) >= 11 is 0. The standard InChI is InChI=1S/C14H18O3/c1-3-4-10-16-13(15)12-14(2,17-12)11-8-6-5-7-9-11/h5-9,12H,3-4,10H2,1-2H3/t12-,14+/m0/s1. The smallest absolute Gasteiger partial charge is 0.338 e. The first-order valence-corrected chi connectivity index (χ1v) is 6.08. The van der Waals surface area contributed by atoms with Gasteiger partial charge in [-0.25, -0.2) is 4.79 Å². The molecule has 0 unspecified atom stereocenters. The maximum Gasteiger partial charge on any atom is 0.338 e. The van der Waals surface area contributed by atoms with E-state index in [4.69, 9.17) is 9.47 Å². The number of hydrogen-bond donors (Lipinski definition) is 0. The van der Waals surface area contributed by atoms with Crippen molar-refractivity contribution < 1.29 is 14.3 Å². The van der Waals surface area contributed by atoms with Crippen LogP contribution in [0.25, 0.3) is 0 Å². The van der Waals surface area contributed by atoms with Crippen LogP contribution in [-0.2, 0) is 19.9 Å². The summed E-state index contributed by atoms with van der Waals surface area (Å²) < 4.78 is 10.7. The lowest BCUT2D eigenvalue weighted by Gasteiger charge is -2.06. The van der Waals surface area contributed by atoms with Gasteiger partial charge in [-0.15, -0.1) is 0 Å². The first-order chi connectivity index (χ1) is 8.18. The van der Waals surface area contributed by atoms with Crippen LogP contribution in [0.1, 0.15) is 32.3 Å². The molecule has 1 aliphatic rings. The number of ether oxygens (including phenoxy) is 2. The molecule has 17 heavy (non-hydrogen) atoms. The lowest BCUT2D eigenvalue weighted by molar-refractivity contribution is -0.145. The predicted octanol–water partition coefficient (Wildman–Crippen LogP) is 2.64. The first kappa shape index (κ1) is 12.1. The minimum absolute atomic E-state index is 0.246. The molecular weight excluding hydrogens is 216 g/mol. The Morgan fingerprint density at radius 3 is 2.76 bits per heavy atom. The summed E-state index contributed by atoms with van der Waals surface area (Å²) in [6, 6.07) is 9.78. The number of epoxide rings is 1. The number of carbonyl (C=O) groups is 1. The molecule has 2 atom stereocenters. The van der Waals surface area contributed by atoms with Gasteiger partial charge in [0, 0.05) is 0 Å². The fourth-order valence-electron chi connectivity index (χ4n) is 1.87. The second-order valence-electron chi connectivity index (χ2n) is 4.49. The fourth-order valence-corrected chi connectivity index (χ4v) is 1.87. The Kier molecular flexibility index (Phi) is 3.48. The van der Waals surface area contributed by atoms with Gasteiger partial charge in [0.25, 0.3) is 0 Å². The predicted molar refractivity (Wildman–Crippen MR) is 64.5 cm³/mol. The molecule has 1 heterocycles. The Balaban J connectivity index is 1.92. The largest absolute Gasteiger partial charge is 0.464 e. The molecule has 0 bridgehead atoms. The summed E-state index contributed by atoms with van der Waals surface area (Å²) in [5, 5.41) is 0. The Morgan fingerprint density at radius 1 is 1.41 bits per heavy atom. The number of esters is 1. The highest BCUT2D eigenvalue weighted by Gasteiger charge is 2.59. The van der Waals surface area contributed by atoms with Gasteiger partial charge in [0.15, 0.2) is 6.10 Å². The maximum absolute atomic E-state index is 11.7. The summed E-state index contributed by atoms with van der Waals surface area (Å²) in [6.45, 7) is 4.48. The van der Waals surface area contributed by atoms with E-state index < -0.39 is 11.7 Å². The van der Waals surface area contributed by atoms with Gasteiger partial charge in [0.05, 0.1) is 6.61 Å². The molecule has 0 amide bonds. The van der Waals surface area contributed by atoms with Crippen LogP contribution < -0.4 is 0 Å². The van der Waals surface area contributed by atoms with E-state index >= 15 is 0 Å². The molecule has 0 aliphatic carbocycles. The van der Waals surface area contributed by atoms with Crippen molar-refractivity contribution in [3.05, 3.63) is 35.9 Å². The van der Waals surface area contributed by atoms with Crippen molar-refractivity contribution in [2.75, 3.05) is 6.61 Å². The van der Waals surface area contributed by atoms with Crippen LogP contribution >= 0.6 is 0 Å². The molecule has 92 valence electrons. The van der Waals surface area contributed by atoms with Crippen LogP contribution in [0.3, 0.4) is 0 Å². The van der Waals surface area contributed by atoms with Crippen molar-refractivity contribution in [2.24, 2.45) is 0 Å². The van der Waals surface area contributed by atoms with Gasteiger partial charge >= 0.3 is 5.97 Å². The van der Waals surface area contributed by atoms with Crippen LogP contribution in [0, 0.1) is 0 Å². The molecule has 0 saturated carbocycles. The zero-order valence-corrected chi connectivity index (χ0v) is 10.3. The van der Waals surface area contributed by atoms with E-state index in [0.29, 0.717) is 6.61 Å². The third-order valence-electron chi connectivity index (χ3n) is 3.11. The number of benzene rings is 1. The quantitative estimate of drug-likeness (QED) is 0.446. The highest BCUT2D eigenvalue weighted by Crippen LogP contribution is 2.46. The van der Waals surface area contributed by atoms with Crippen LogP contribution in [0.4, 0.5) is 0 Å². The average molecular weight is 234 g/mol. The fraction of sp³-hybridized carbons (Fsp3) is 0.500. The van der Waals surface area contributed by atoms with Crippen molar-refractivity contribution in [3.63, 3.8) is 0 Å². The van der Waals surface area contributed by atoms with E-state index in [-0.39, 0.29) is 5.97 Å². The van der Waals surface area contributed by atoms with Gasteiger partial charge in [-0.1, -0.05) is 43.7 Å². The third-order valence-corrected chi connectivity index (χ3v) is 3.11. The molecule has 3 nitrogen and oxygen atoms in total. The molecule has 0 aromatic heterocycles. The Labute approximate surface area is 102 Å². The van der Waals surface area contributed by atoms with Gasteiger partial charge in [-0.3, -0.25) is 0 Å². The first-order valence-electron chi connectivity index (χ1n) is 6.08. The van der Waals surface area contributed by atoms with E-state index in [1.54, 1.807) is 0 Å². The summed E-state index contributed by atoms with van der Waals surface area (Å²) in [4.78, 5) is 11.7. The SMILES string of the molecule is CCCCOC(=O)[C@@H]1O[C@]1(C)c1ccccc1. The van der Waals surface area contributed by atoms with Crippen molar-refractivity contribution in [3.8, 4) is 0 Å². The van der Waals surface area contributed by atoms with Crippen LogP contribution in [-0.4, -0.2) is 18.7 Å². The molecular formula is C14H18O3. The Morgan fingerprint density at radius 2 is 2.12 bits per heavy atom. The Bertz CT molecular complexity index is 388. The van der Waals surface area contributed by atoms with E-state index in [0.717, 1.165) is 18.4 Å². The number of unbranched alkanes of at least 4 members (excludes halogenated alkanes) is 1. The molecule has 1 aromatic carbocycles. The van der Waals surface area contributed by atoms with Crippen LogP contribution in [0.15, 0.2) is 30.3 Å². The highest BCUT2D eigenvalue weighted by molar-refractivity contribution is 5.79. The van der Waals surface area contributed by atoms with Crippen molar-refractivity contribution in [1.29, 1.82) is 0 Å². The zero-order chi connectivity index (χ0) is 12.3. The average Bonchev–Trinajstić information content (AvgIpc) is 3.05. The molecule has 1 aliphatic heterocycles. The number of hydrogen-bond acceptors (Lipinski definition) is 3. The second-order valence-corrected chi connectivity index (χ2v) is 4.49. The second kappa shape index (κ2) is 4.88. The number of carbonyl (C=O) groups excluding carboxylic acids is 1. The lowest BCUT2D eigenvalue weighted by atomic mass is 9.97. The summed E-state index contributed by atoms with van der Waals surface area (Å²) in [7, 11) is 0. The molecule has 0 spiro atoms. The van der Waals surface area contributed by atoms with E-state index in [9.17, 15) is 4.79 Å². The third kappa shape index (κ3) is 2.50. The normalized spacial score (nSPS) is 26.6. The molecule has 1 fully saturated rings. The van der Waals surface area contributed by atoms with Crippen molar-refractivity contribution >= 4 is 5.97 Å². The van der Waals surface area contributed by atoms with Gasteiger partial charge in [0.2, 0.25) is 0 Å². The highest BCUT2D eigenvalue weighted by atomic mass is 16.7. The summed E-state index contributed by atoms with van der Waals surface area (Å²) in [6.07, 6.45) is 1.48. The van der Waals surface area contributed by atoms with Gasteiger partial charge in [-0.2, -0.15) is 0 Å². The molecule has 0 N–H and O–H groups in total. The minimum Gasteiger partial charge on any atom is -0.464 e. The molecule has 2 rings (SSSR count). The van der Waals surface area contributed by atoms with Crippen molar-refractivity contribution in [2.45, 2.75) is 38.4 Å². The van der Waals surface area contributed by atoms with Crippen LogP contribution in [0.5, 0.6) is 0 Å². The zero-order valence-electron chi connectivity index (χ0n) is 10.3. The molecule has 1 aromatic rings. The van der Waals surface area contributed by atoms with E-state index in [1.807, 2.05) is 37.3 Å². The monoisotopic (exact) mass is 234 g/mol. The maximum atomic E-state index is 11.7. The van der Waals surface area contributed by atoms with Crippen molar-refractivity contribution in [1.82, 2.24) is 0 Å². The van der Waals surface area contributed by atoms with E-state index in [2.05, 4.69) is 6.92 Å². The molecule has 3 heteroatoms. The lowest BCUT2D eigenvalue weighted by Crippen LogP contribution is -2.19. The summed E-state index contributed by atoms with van der Waals surface area (Å²) in [5.74, 6) is -0.246. The van der Waals surface area contributed by atoms with Gasteiger partial charge < -0.3 is 9.47 Å². The van der Waals surface area contributed by atoms with E-state index in [1.165, 1.54) is 0 Å².